The van der Waals surface area contributed by atoms with E-state index in [1.54, 1.807) is 19.1 Å². The topological polar surface area (TPSA) is 104 Å². The number of rotatable bonds is 4. The summed E-state index contributed by atoms with van der Waals surface area (Å²) < 4.78 is 5.13. The van der Waals surface area contributed by atoms with Gasteiger partial charge in [0.05, 0.1) is 24.9 Å². The number of carbonyl (C=O) groups is 2. The number of aliphatic hydroxyl groups excluding tert-OH is 1. The number of Topliss-reactive ketones (excluding diaryl/α,β-unsaturated/α-hetero) is 1. The lowest BCUT2D eigenvalue weighted by atomic mass is 9.77. The van der Waals surface area contributed by atoms with Crippen molar-refractivity contribution in [3.05, 3.63) is 58.1 Å². The molecule has 2 aromatic rings. The van der Waals surface area contributed by atoms with Crippen LogP contribution in [0, 0.1) is 0 Å². The largest absolute Gasteiger partial charge is 0.507 e. The molecule has 136 valence electrons. The Hall–Kier alpha value is -2.70. The Kier molecular flexibility index (Phi) is 4.56. The number of ether oxygens (including phenoxy) is 1. The molecular weight excluding hydrogens is 336 g/mol. The van der Waals surface area contributed by atoms with Crippen molar-refractivity contribution in [3.8, 4) is 11.5 Å². The van der Waals surface area contributed by atoms with Gasteiger partial charge in [-0.05, 0) is 36.8 Å². The van der Waals surface area contributed by atoms with Crippen molar-refractivity contribution in [2.75, 3.05) is 7.11 Å². The molecule has 0 heterocycles. The third-order valence-electron chi connectivity index (χ3n) is 4.60. The second kappa shape index (κ2) is 6.55. The normalized spacial score (nSPS) is 19.2. The zero-order valence-electron chi connectivity index (χ0n) is 14.6. The van der Waals surface area contributed by atoms with Crippen molar-refractivity contribution in [1.82, 2.24) is 0 Å². The molecule has 3 N–H and O–H groups in total. The summed E-state index contributed by atoms with van der Waals surface area (Å²) in [6.07, 6.45) is 0.105. The molecule has 0 unspecified atom stereocenters. The van der Waals surface area contributed by atoms with Crippen molar-refractivity contribution in [3.63, 3.8) is 0 Å². The van der Waals surface area contributed by atoms with E-state index in [2.05, 4.69) is 0 Å². The first kappa shape index (κ1) is 18.1. The second-order valence-corrected chi connectivity index (χ2v) is 6.78. The van der Waals surface area contributed by atoms with Gasteiger partial charge in [-0.3, -0.25) is 9.59 Å². The molecular formula is C20H20O6. The predicted octanol–water partition coefficient (Wildman–Crippen LogP) is 2.00. The number of ketones is 2. The number of benzene rings is 2. The van der Waals surface area contributed by atoms with Crippen LogP contribution in [0.15, 0.2) is 30.3 Å². The molecule has 1 aliphatic rings. The summed E-state index contributed by atoms with van der Waals surface area (Å²) in [7, 11) is 1.46. The Morgan fingerprint density at radius 3 is 2.62 bits per heavy atom. The van der Waals surface area contributed by atoms with Crippen LogP contribution in [0.4, 0.5) is 0 Å². The molecule has 0 spiro atoms. The van der Waals surface area contributed by atoms with Crippen molar-refractivity contribution in [1.29, 1.82) is 0 Å². The Balaban J connectivity index is 2.13. The Labute approximate surface area is 150 Å². The third kappa shape index (κ3) is 3.09. The highest BCUT2D eigenvalue weighted by Crippen LogP contribution is 2.36. The molecule has 26 heavy (non-hydrogen) atoms. The number of aliphatic hydroxyl groups is 2. The summed E-state index contributed by atoms with van der Waals surface area (Å²) >= 11 is 0. The molecule has 0 saturated heterocycles. The maximum Gasteiger partial charge on any atom is 0.197 e. The van der Waals surface area contributed by atoms with Crippen molar-refractivity contribution < 1.29 is 29.6 Å². The van der Waals surface area contributed by atoms with Gasteiger partial charge in [0.25, 0.3) is 0 Å². The molecule has 2 aromatic carbocycles. The first-order chi connectivity index (χ1) is 12.3. The lowest BCUT2D eigenvalue weighted by Gasteiger charge is -2.30. The number of hydrogen-bond donors (Lipinski definition) is 3. The lowest BCUT2D eigenvalue weighted by molar-refractivity contribution is 0.0408. The van der Waals surface area contributed by atoms with Crippen molar-refractivity contribution >= 4 is 11.6 Å². The van der Waals surface area contributed by atoms with E-state index in [4.69, 9.17) is 4.74 Å². The Morgan fingerprint density at radius 2 is 1.96 bits per heavy atom. The third-order valence-corrected chi connectivity index (χ3v) is 4.60. The molecule has 6 heteroatoms. The van der Waals surface area contributed by atoms with Crippen LogP contribution in [-0.4, -0.2) is 39.6 Å². The first-order valence-corrected chi connectivity index (χ1v) is 8.20. The van der Waals surface area contributed by atoms with E-state index in [1.165, 1.54) is 25.3 Å². The summed E-state index contributed by atoms with van der Waals surface area (Å²) in [6, 6.07) is 7.46. The number of fused-ring (bicyclic) bond motifs is 1. The zero-order chi connectivity index (χ0) is 19.1. The van der Waals surface area contributed by atoms with Crippen LogP contribution in [0.3, 0.4) is 0 Å². The maximum atomic E-state index is 13.0. The SMILES string of the molecule is COc1ccc(C(=O)c2c(O)ccc3c2C(=O)C[C@](C)(O)C3)cc1CO. The van der Waals surface area contributed by atoms with E-state index in [0.717, 1.165) is 0 Å². The standard InChI is InChI=1S/C20H20O6/c1-20(25)8-12-3-5-14(22)18(17(12)15(23)9-20)19(24)11-4-6-16(26-2)13(7-11)10-21/h3-7,21-22,25H,8-10H2,1-2H3/t20-/m1/s1. The summed E-state index contributed by atoms with van der Waals surface area (Å²) in [4.78, 5) is 25.6. The molecule has 0 aromatic heterocycles. The van der Waals surface area contributed by atoms with E-state index in [1.807, 2.05) is 0 Å². The number of carbonyl (C=O) groups excluding carboxylic acids is 2. The van der Waals surface area contributed by atoms with Gasteiger partial charge in [0.2, 0.25) is 0 Å². The van der Waals surface area contributed by atoms with Crippen LogP contribution >= 0.6 is 0 Å². The average Bonchev–Trinajstić information content (AvgIpc) is 2.60. The van der Waals surface area contributed by atoms with Crippen LogP contribution < -0.4 is 4.74 Å². The van der Waals surface area contributed by atoms with Gasteiger partial charge in [-0.2, -0.15) is 0 Å². The maximum absolute atomic E-state index is 13.0. The van der Waals surface area contributed by atoms with Gasteiger partial charge in [0.1, 0.15) is 11.5 Å². The van der Waals surface area contributed by atoms with Crippen LogP contribution in [0.1, 0.15) is 50.8 Å². The van der Waals surface area contributed by atoms with Crippen LogP contribution in [0.25, 0.3) is 0 Å². The number of methoxy groups -OCH3 is 1. The second-order valence-electron chi connectivity index (χ2n) is 6.78. The predicted molar refractivity (Wildman–Crippen MR) is 93.7 cm³/mol. The zero-order valence-corrected chi connectivity index (χ0v) is 14.6. The minimum atomic E-state index is -1.18. The minimum Gasteiger partial charge on any atom is -0.507 e. The van der Waals surface area contributed by atoms with Gasteiger partial charge in [0.15, 0.2) is 11.6 Å². The molecule has 0 aliphatic heterocycles. The average molecular weight is 356 g/mol. The molecule has 0 fully saturated rings. The molecule has 0 bridgehead atoms. The first-order valence-electron chi connectivity index (χ1n) is 8.20. The minimum absolute atomic E-state index is 0.0722. The highest BCUT2D eigenvalue weighted by Gasteiger charge is 2.36. The number of phenols is 1. The van der Waals surface area contributed by atoms with E-state index < -0.39 is 11.4 Å². The summed E-state index contributed by atoms with van der Waals surface area (Å²) in [5, 5.41) is 29.9. The Bertz CT molecular complexity index is 897. The quantitative estimate of drug-likeness (QED) is 0.724. The van der Waals surface area contributed by atoms with Crippen LogP contribution in [-0.2, 0) is 13.0 Å². The molecule has 1 atom stereocenters. The van der Waals surface area contributed by atoms with Gasteiger partial charge in [0, 0.05) is 29.5 Å². The van der Waals surface area contributed by atoms with Crippen molar-refractivity contribution in [2.24, 2.45) is 0 Å². The van der Waals surface area contributed by atoms with Gasteiger partial charge in [-0.25, -0.2) is 0 Å². The molecule has 1 aliphatic carbocycles. The fraction of sp³-hybridized carbons (Fsp3) is 0.300. The molecule has 6 nitrogen and oxygen atoms in total. The van der Waals surface area contributed by atoms with Gasteiger partial charge >= 0.3 is 0 Å². The van der Waals surface area contributed by atoms with Gasteiger partial charge < -0.3 is 20.1 Å². The smallest absolute Gasteiger partial charge is 0.197 e. The highest BCUT2D eigenvalue weighted by molar-refractivity contribution is 6.18. The summed E-state index contributed by atoms with van der Waals surface area (Å²) in [5.41, 5.74) is 0.0924. The monoisotopic (exact) mass is 356 g/mol. The van der Waals surface area contributed by atoms with E-state index in [0.29, 0.717) is 16.9 Å². The lowest BCUT2D eigenvalue weighted by Crippen LogP contribution is -2.36. The van der Waals surface area contributed by atoms with Gasteiger partial charge in [-0.1, -0.05) is 6.07 Å². The number of hydrogen-bond acceptors (Lipinski definition) is 6. The molecule has 0 radical (unpaired) electrons. The van der Waals surface area contributed by atoms with E-state index in [-0.39, 0.29) is 47.7 Å². The fourth-order valence-electron chi connectivity index (χ4n) is 3.43. The van der Waals surface area contributed by atoms with E-state index >= 15 is 0 Å². The summed E-state index contributed by atoms with van der Waals surface area (Å²) in [5.74, 6) is -0.751. The van der Waals surface area contributed by atoms with Gasteiger partial charge in [-0.15, -0.1) is 0 Å². The summed E-state index contributed by atoms with van der Waals surface area (Å²) in [6.45, 7) is 1.25. The Morgan fingerprint density at radius 1 is 1.23 bits per heavy atom. The molecule has 0 amide bonds. The van der Waals surface area contributed by atoms with Crippen LogP contribution in [0.5, 0.6) is 11.5 Å². The van der Waals surface area contributed by atoms with Crippen molar-refractivity contribution in [2.45, 2.75) is 32.0 Å². The molecule has 3 rings (SSSR count). The molecule has 0 saturated carbocycles. The number of aromatic hydroxyl groups is 1. The fourth-order valence-corrected chi connectivity index (χ4v) is 3.43. The number of phenolic OH excluding ortho intramolecular Hbond substituents is 1. The highest BCUT2D eigenvalue weighted by atomic mass is 16.5. The van der Waals surface area contributed by atoms with Crippen LogP contribution in [0.2, 0.25) is 0 Å². The van der Waals surface area contributed by atoms with E-state index in [9.17, 15) is 24.9 Å².